The minimum atomic E-state index is -0.0713. The number of aryl methyl sites for hydroxylation is 2. The van der Waals surface area contributed by atoms with Crippen LogP contribution in [0.2, 0.25) is 0 Å². The van der Waals surface area contributed by atoms with Crippen molar-refractivity contribution < 1.29 is 4.79 Å². The molecule has 0 atom stereocenters. The van der Waals surface area contributed by atoms with Crippen LogP contribution in [0.15, 0.2) is 35.2 Å². The van der Waals surface area contributed by atoms with E-state index >= 15 is 0 Å². The number of nitrogens with zero attached hydrogens (tertiary/aromatic N) is 3. The van der Waals surface area contributed by atoms with Gasteiger partial charge in [0.2, 0.25) is 5.91 Å². The third-order valence-electron chi connectivity index (χ3n) is 2.33. The van der Waals surface area contributed by atoms with Gasteiger partial charge in [-0.1, -0.05) is 0 Å². The van der Waals surface area contributed by atoms with Gasteiger partial charge in [-0.25, -0.2) is 4.98 Å². The predicted octanol–water partition coefficient (Wildman–Crippen LogP) is 2.38. The molecule has 0 saturated heterocycles. The average molecular weight is 309 g/mol. The largest absolute Gasteiger partial charge is 0.311 e. The number of carbonyl (C=O) groups is 1. The molecular formula is C12H13BrN4O. The van der Waals surface area contributed by atoms with E-state index in [1.165, 1.54) is 0 Å². The minimum absolute atomic E-state index is 0.0713. The molecule has 0 spiro atoms. The van der Waals surface area contributed by atoms with E-state index in [0.29, 0.717) is 18.8 Å². The van der Waals surface area contributed by atoms with Crippen LogP contribution in [0.5, 0.6) is 0 Å². The zero-order chi connectivity index (χ0) is 13.0. The predicted molar refractivity (Wildman–Crippen MR) is 72.1 cm³/mol. The van der Waals surface area contributed by atoms with Crippen molar-refractivity contribution in [2.75, 3.05) is 5.32 Å². The standard InChI is InChI=1S/C12H13BrN4O/c1-9-6-15-17(8-9)5-4-12(18)16-11-3-2-10(13)7-14-11/h2-3,6-8H,4-5H2,1H3,(H,14,16,18). The monoisotopic (exact) mass is 308 g/mol. The van der Waals surface area contributed by atoms with Crippen molar-refractivity contribution >= 4 is 27.7 Å². The smallest absolute Gasteiger partial charge is 0.227 e. The Morgan fingerprint density at radius 3 is 2.89 bits per heavy atom. The second-order valence-corrected chi connectivity index (χ2v) is 4.86. The fraction of sp³-hybridized carbons (Fsp3) is 0.250. The molecule has 2 aromatic rings. The van der Waals surface area contributed by atoms with Gasteiger partial charge in [-0.15, -0.1) is 0 Å². The van der Waals surface area contributed by atoms with E-state index in [2.05, 4.69) is 31.3 Å². The first-order valence-electron chi connectivity index (χ1n) is 5.54. The Morgan fingerprint density at radius 1 is 1.44 bits per heavy atom. The van der Waals surface area contributed by atoms with Crippen molar-refractivity contribution in [2.45, 2.75) is 19.9 Å². The summed E-state index contributed by atoms with van der Waals surface area (Å²) in [5.74, 6) is 0.484. The number of aromatic nitrogens is 3. The molecule has 2 aromatic heterocycles. The Morgan fingerprint density at radius 2 is 2.28 bits per heavy atom. The van der Waals surface area contributed by atoms with Gasteiger partial charge in [0, 0.05) is 29.8 Å². The number of anilines is 1. The van der Waals surface area contributed by atoms with Crippen LogP contribution in [0.4, 0.5) is 5.82 Å². The number of nitrogens with one attached hydrogen (secondary N) is 1. The highest BCUT2D eigenvalue weighted by Gasteiger charge is 2.04. The van der Waals surface area contributed by atoms with Crippen molar-refractivity contribution in [3.05, 3.63) is 40.8 Å². The molecule has 0 fully saturated rings. The SMILES string of the molecule is Cc1cnn(CCC(=O)Nc2ccc(Br)cn2)c1. The van der Waals surface area contributed by atoms with Gasteiger partial charge in [0.15, 0.2) is 0 Å². The summed E-state index contributed by atoms with van der Waals surface area (Å²) in [5.41, 5.74) is 1.09. The van der Waals surface area contributed by atoms with Crippen LogP contribution < -0.4 is 5.32 Å². The van der Waals surface area contributed by atoms with Gasteiger partial charge < -0.3 is 5.32 Å². The quantitative estimate of drug-likeness (QED) is 0.943. The van der Waals surface area contributed by atoms with Crippen LogP contribution >= 0.6 is 15.9 Å². The summed E-state index contributed by atoms with van der Waals surface area (Å²) in [5, 5.41) is 6.86. The third kappa shape index (κ3) is 3.66. The molecular weight excluding hydrogens is 296 g/mol. The number of halogens is 1. The summed E-state index contributed by atoms with van der Waals surface area (Å²) < 4.78 is 2.64. The van der Waals surface area contributed by atoms with Gasteiger partial charge in [-0.2, -0.15) is 5.10 Å². The first kappa shape index (κ1) is 12.8. The van der Waals surface area contributed by atoms with E-state index < -0.39 is 0 Å². The molecule has 0 bridgehead atoms. The number of amides is 1. The highest BCUT2D eigenvalue weighted by Crippen LogP contribution is 2.10. The molecule has 1 N–H and O–H groups in total. The second kappa shape index (κ2) is 5.77. The number of hydrogen-bond donors (Lipinski definition) is 1. The molecule has 0 radical (unpaired) electrons. The highest BCUT2D eigenvalue weighted by molar-refractivity contribution is 9.10. The molecule has 0 unspecified atom stereocenters. The molecule has 2 rings (SSSR count). The van der Waals surface area contributed by atoms with Crippen LogP contribution in [-0.2, 0) is 11.3 Å². The van der Waals surface area contributed by atoms with Gasteiger partial charge in [-0.3, -0.25) is 9.48 Å². The molecule has 94 valence electrons. The number of pyridine rings is 1. The Balaban J connectivity index is 1.83. The maximum absolute atomic E-state index is 11.7. The van der Waals surface area contributed by atoms with Crippen molar-refractivity contribution in [1.82, 2.24) is 14.8 Å². The summed E-state index contributed by atoms with van der Waals surface area (Å²) in [7, 11) is 0. The molecule has 0 aliphatic heterocycles. The lowest BCUT2D eigenvalue weighted by molar-refractivity contribution is -0.116. The van der Waals surface area contributed by atoms with Crippen molar-refractivity contribution in [3.63, 3.8) is 0 Å². The third-order valence-corrected chi connectivity index (χ3v) is 2.79. The lowest BCUT2D eigenvalue weighted by atomic mass is 10.4. The Hall–Kier alpha value is -1.69. The fourth-order valence-corrected chi connectivity index (χ4v) is 1.69. The van der Waals surface area contributed by atoms with Gasteiger partial charge in [0.05, 0.1) is 6.20 Å². The highest BCUT2D eigenvalue weighted by atomic mass is 79.9. The van der Waals surface area contributed by atoms with Gasteiger partial charge in [0.25, 0.3) is 0 Å². The van der Waals surface area contributed by atoms with Gasteiger partial charge >= 0.3 is 0 Å². The molecule has 6 heteroatoms. The lowest BCUT2D eigenvalue weighted by Crippen LogP contribution is -2.15. The van der Waals surface area contributed by atoms with Crippen molar-refractivity contribution in [3.8, 4) is 0 Å². The van der Waals surface area contributed by atoms with Crippen LogP contribution in [0.1, 0.15) is 12.0 Å². The maximum atomic E-state index is 11.7. The molecule has 0 saturated carbocycles. The molecule has 5 nitrogen and oxygen atoms in total. The number of carbonyl (C=O) groups excluding carboxylic acids is 1. The van der Waals surface area contributed by atoms with Gasteiger partial charge in [0.1, 0.15) is 5.82 Å². The second-order valence-electron chi connectivity index (χ2n) is 3.94. The van der Waals surface area contributed by atoms with E-state index in [1.807, 2.05) is 19.2 Å². The summed E-state index contributed by atoms with van der Waals surface area (Å²) >= 11 is 3.29. The molecule has 1 amide bonds. The molecule has 0 aliphatic rings. The summed E-state index contributed by atoms with van der Waals surface area (Å²) in [6, 6.07) is 3.58. The van der Waals surface area contributed by atoms with E-state index in [0.717, 1.165) is 10.0 Å². The Labute approximate surface area is 113 Å². The van der Waals surface area contributed by atoms with E-state index in [1.54, 1.807) is 23.1 Å². The van der Waals surface area contributed by atoms with Gasteiger partial charge in [-0.05, 0) is 40.5 Å². The first-order chi connectivity index (χ1) is 8.63. The minimum Gasteiger partial charge on any atom is -0.311 e. The van der Waals surface area contributed by atoms with E-state index in [-0.39, 0.29) is 5.91 Å². The number of hydrogen-bond acceptors (Lipinski definition) is 3. The zero-order valence-corrected chi connectivity index (χ0v) is 11.5. The maximum Gasteiger partial charge on any atom is 0.227 e. The van der Waals surface area contributed by atoms with E-state index in [4.69, 9.17) is 0 Å². The summed E-state index contributed by atoms with van der Waals surface area (Å²) in [6.07, 6.45) is 5.70. The van der Waals surface area contributed by atoms with E-state index in [9.17, 15) is 4.79 Å². The molecule has 18 heavy (non-hydrogen) atoms. The normalized spacial score (nSPS) is 10.3. The fourth-order valence-electron chi connectivity index (χ4n) is 1.46. The topological polar surface area (TPSA) is 59.8 Å². The molecule has 0 aliphatic carbocycles. The average Bonchev–Trinajstić information content (AvgIpc) is 2.76. The summed E-state index contributed by atoms with van der Waals surface area (Å²) in [6.45, 7) is 2.53. The first-order valence-corrected chi connectivity index (χ1v) is 6.33. The molecule has 0 aromatic carbocycles. The van der Waals surface area contributed by atoms with Crippen molar-refractivity contribution in [1.29, 1.82) is 0 Å². The van der Waals surface area contributed by atoms with Crippen LogP contribution in [0.25, 0.3) is 0 Å². The molecule has 2 heterocycles. The van der Waals surface area contributed by atoms with Crippen LogP contribution in [0, 0.1) is 6.92 Å². The van der Waals surface area contributed by atoms with Crippen LogP contribution in [-0.4, -0.2) is 20.7 Å². The summed E-state index contributed by atoms with van der Waals surface area (Å²) in [4.78, 5) is 15.7. The van der Waals surface area contributed by atoms with Crippen molar-refractivity contribution in [2.24, 2.45) is 0 Å². The lowest BCUT2D eigenvalue weighted by Gasteiger charge is -2.04. The number of rotatable bonds is 4. The Kier molecular flexibility index (Phi) is 4.09. The zero-order valence-electron chi connectivity index (χ0n) is 9.93. The van der Waals surface area contributed by atoms with Crippen LogP contribution in [0.3, 0.4) is 0 Å². The Bertz CT molecular complexity index is 535.